The maximum Gasteiger partial charge on any atom is 0.194 e. The number of guanidine groups is 1. The lowest BCUT2D eigenvalue weighted by Gasteiger charge is -2.34. The highest BCUT2D eigenvalue weighted by atomic mass is 127. The highest BCUT2D eigenvalue weighted by Crippen LogP contribution is 2.26. The second-order valence-electron chi connectivity index (χ2n) is 7.68. The van der Waals surface area contributed by atoms with Gasteiger partial charge in [0.1, 0.15) is 17.6 Å². The quantitative estimate of drug-likeness (QED) is 0.294. The Morgan fingerprint density at radius 1 is 1.22 bits per heavy atom. The van der Waals surface area contributed by atoms with E-state index in [-0.39, 0.29) is 30.1 Å². The van der Waals surface area contributed by atoms with Gasteiger partial charge in [-0.25, -0.2) is 0 Å². The lowest BCUT2D eigenvalue weighted by atomic mass is 10.1. The van der Waals surface area contributed by atoms with E-state index in [0.29, 0.717) is 13.2 Å². The number of para-hydroxylation sites is 1. The molecule has 4 rings (SSSR count). The van der Waals surface area contributed by atoms with Crippen molar-refractivity contribution >= 4 is 29.9 Å². The first kappa shape index (κ1) is 24.1. The highest BCUT2D eigenvalue weighted by molar-refractivity contribution is 14.0. The fourth-order valence-electron chi connectivity index (χ4n) is 3.64. The first-order chi connectivity index (χ1) is 15.1. The van der Waals surface area contributed by atoms with Crippen molar-refractivity contribution in [3.8, 4) is 11.5 Å². The number of rotatable bonds is 5. The molecule has 7 nitrogen and oxygen atoms in total. The summed E-state index contributed by atoms with van der Waals surface area (Å²) in [6.07, 6.45) is 3.85. The van der Waals surface area contributed by atoms with Gasteiger partial charge in [-0.15, -0.1) is 24.0 Å². The van der Waals surface area contributed by atoms with E-state index in [4.69, 9.17) is 9.47 Å². The summed E-state index contributed by atoms with van der Waals surface area (Å²) in [5.41, 5.74) is 3.36. The molecule has 1 atom stereocenters. The zero-order valence-electron chi connectivity index (χ0n) is 18.7. The Morgan fingerprint density at radius 2 is 2.00 bits per heavy atom. The SMILES string of the molecule is CN=C(NCc1ccccc1Oc1ccc(C)cc1)N1CCOC(c2cnn(C)c2)C1.I. The van der Waals surface area contributed by atoms with Crippen molar-refractivity contribution in [2.24, 2.45) is 12.0 Å². The van der Waals surface area contributed by atoms with Crippen molar-refractivity contribution in [1.82, 2.24) is 20.0 Å². The molecule has 1 fully saturated rings. The maximum absolute atomic E-state index is 6.13. The number of nitrogens with zero attached hydrogens (tertiary/aromatic N) is 4. The number of nitrogens with one attached hydrogen (secondary N) is 1. The molecule has 0 bridgehead atoms. The van der Waals surface area contributed by atoms with E-state index in [2.05, 4.69) is 45.4 Å². The second-order valence-corrected chi connectivity index (χ2v) is 7.68. The molecule has 2 aromatic carbocycles. The first-order valence-corrected chi connectivity index (χ1v) is 10.5. The number of aliphatic imine (C=N–C) groups is 1. The van der Waals surface area contributed by atoms with Crippen LogP contribution < -0.4 is 10.1 Å². The van der Waals surface area contributed by atoms with Crippen molar-refractivity contribution in [2.75, 3.05) is 26.7 Å². The van der Waals surface area contributed by atoms with Crippen LogP contribution in [0.2, 0.25) is 0 Å². The number of hydrogen-bond donors (Lipinski definition) is 1. The van der Waals surface area contributed by atoms with E-state index in [1.807, 2.05) is 56.8 Å². The largest absolute Gasteiger partial charge is 0.457 e. The maximum atomic E-state index is 6.13. The molecule has 1 aliphatic heterocycles. The molecule has 8 heteroatoms. The van der Waals surface area contributed by atoms with Crippen LogP contribution in [0.3, 0.4) is 0 Å². The Labute approximate surface area is 206 Å². The number of benzene rings is 2. The van der Waals surface area contributed by atoms with E-state index in [1.54, 1.807) is 4.68 Å². The Morgan fingerprint density at radius 3 is 2.72 bits per heavy atom. The Balaban J connectivity index is 0.00000289. The molecule has 3 aromatic rings. The molecule has 0 amide bonds. The van der Waals surface area contributed by atoms with Crippen LogP contribution in [0.5, 0.6) is 11.5 Å². The van der Waals surface area contributed by atoms with E-state index < -0.39 is 0 Å². The average molecular weight is 547 g/mol. The summed E-state index contributed by atoms with van der Waals surface area (Å²) < 4.78 is 13.9. The molecule has 1 unspecified atom stereocenters. The predicted octanol–water partition coefficient (Wildman–Crippen LogP) is 4.29. The fourth-order valence-corrected chi connectivity index (χ4v) is 3.64. The molecule has 1 aliphatic rings. The van der Waals surface area contributed by atoms with Crippen molar-refractivity contribution in [2.45, 2.75) is 19.6 Å². The van der Waals surface area contributed by atoms with Crippen LogP contribution in [0.1, 0.15) is 22.8 Å². The number of morpholine rings is 1. The highest BCUT2D eigenvalue weighted by Gasteiger charge is 2.25. The van der Waals surface area contributed by atoms with Gasteiger partial charge in [-0.2, -0.15) is 5.10 Å². The van der Waals surface area contributed by atoms with E-state index in [9.17, 15) is 0 Å². The third-order valence-electron chi connectivity index (χ3n) is 5.33. The Hall–Kier alpha value is -2.59. The van der Waals surface area contributed by atoms with Gasteiger partial charge in [0.25, 0.3) is 0 Å². The van der Waals surface area contributed by atoms with Crippen LogP contribution in [0.25, 0.3) is 0 Å². The predicted molar refractivity (Wildman–Crippen MR) is 137 cm³/mol. The zero-order chi connectivity index (χ0) is 21.6. The van der Waals surface area contributed by atoms with Gasteiger partial charge in [-0.05, 0) is 25.1 Å². The van der Waals surface area contributed by atoms with E-state index in [0.717, 1.165) is 41.7 Å². The minimum atomic E-state index is -0.0156. The van der Waals surface area contributed by atoms with Crippen molar-refractivity contribution in [3.05, 3.63) is 77.6 Å². The van der Waals surface area contributed by atoms with Gasteiger partial charge < -0.3 is 19.7 Å². The molecule has 1 aromatic heterocycles. The minimum Gasteiger partial charge on any atom is -0.457 e. The van der Waals surface area contributed by atoms with Gasteiger partial charge in [-0.3, -0.25) is 9.67 Å². The van der Waals surface area contributed by atoms with Crippen LogP contribution in [0, 0.1) is 6.92 Å². The molecule has 0 saturated carbocycles. The number of aromatic nitrogens is 2. The molecular weight excluding hydrogens is 517 g/mol. The fraction of sp³-hybridized carbons (Fsp3) is 0.333. The summed E-state index contributed by atoms with van der Waals surface area (Å²) in [4.78, 5) is 6.72. The van der Waals surface area contributed by atoms with Crippen molar-refractivity contribution < 1.29 is 9.47 Å². The Bertz CT molecular complexity index is 1030. The van der Waals surface area contributed by atoms with Gasteiger partial charge in [-0.1, -0.05) is 35.9 Å². The summed E-state index contributed by atoms with van der Waals surface area (Å²) in [7, 11) is 3.73. The summed E-state index contributed by atoms with van der Waals surface area (Å²) in [6, 6.07) is 16.2. The number of halogens is 1. The summed E-state index contributed by atoms with van der Waals surface area (Å²) in [5, 5.41) is 7.75. The molecule has 0 radical (unpaired) electrons. The van der Waals surface area contributed by atoms with Crippen LogP contribution in [-0.2, 0) is 18.3 Å². The molecule has 2 heterocycles. The number of aryl methyl sites for hydroxylation is 2. The lowest BCUT2D eigenvalue weighted by molar-refractivity contribution is -0.00805. The van der Waals surface area contributed by atoms with Gasteiger partial charge in [0.05, 0.1) is 19.3 Å². The third-order valence-corrected chi connectivity index (χ3v) is 5.33. The molecule has 0 aliphatic carbocycles. The van der Waals surface area contributed by atoms with Gasteiger partial charge in [0.15, 0.2) is 5.96 Å². The van der Waals surface area contributed by atoms with E-state index >= 15 is 0 Å². The molecular formula is C24H30IN5O2. The summed E-state index contributed by atoms with van der Waals surface area (Å²) >= 11 is 0. The summed E-state index contributed by atoms with van der Waals surface area (Å²) in [5.74, 6) is 2.52. The topological polar surface area (TPSA) is 63.9 Å². The smallest absolute Gasteiger partial charge is 0.194 e. The molecule has 170 valence electrons. The monoisotopic (exact) mass is 547 g/mol. The van der Waals surface area contributed by atoms with Gasteiger partial charge in [0, 0.05) is 44.5 Å². The molecule has 0 spiro atoms. The van der Waals surface area contributed by atoms with Crippen LogP contribution in [0.4, 0.5) is 0 Å². The molecule has 32 heavy (non-hydrogen) atoms. The number of hydrogen-bond acceptors (Lipinski definition) is 4. The molecule has 1 saturated heterocycles. The summed E-state index contributed by atoms with van der Waals surface area (Å²) in [6.45, 7) is 4.85. The van der Waals surface area contributed by atoms with Crippen molar-refractivity contribution in [1.29, 1.82) is 0 Å². The van der Waals surface area contributed by atoms with Crippen LogP contribution >= 0.6 is 24.0 Å². The minimum absolute atomic E-state index is 0. The van der Waals surface area contributed by atoms with Gasteiger partial charge in [0.2, 0.25) is 0 Å². The third kappa shape index (κ3) is 6.01. The Kier molecular flexibility index (Phi) is 8.52. The van der Waals surface area contributed by atoms with Gasteiger partial charge >= 0.3 is 0 Å². The normalized spacial score (nSPS) is 16.4. The second kappa shape index (κ2) is 11.3. The standard InChI is InChI=1S/C24H29N5O2.HI/c1-18-8-10-21(11-9-18)31-22-7-5-4-6-19(22)14-26-24(25-2)29-12-13-30-23(17-29)20-15-27-28(3)16-20;/h4-11,15-16,23H,12-14,17H2,1-3H3,(H,25,26);1H. The first-order valence-electron chi connectivity index (χ1n) is 10.5. The number of ether oxygens (including phenoxy) is 2. The molecule has 1 N–H and O–H groups in total. The van der Waals surface area contributed by atoms with Crippen molar-refractivity contribution in [3.63, 3.8) is 0 Å². The average Bonchev–Trinajstić information content (AvgIpc) is 3.23. The van der Waals surface area contributed by atoms with Crippen LogP contribution in [-0.4, -0.2) is 47.4 Å². The van der Waals surface area contributed by atoms with Crippen LogP contribution in [0.15, 0.2) is 65.9 Å². The lowest BCUT2D eigenvalue weighted by Crippen LogP contribution is -2.47. The zero-order valence-corrected chi connectivity index (χ0v) is 21.0. The van der Waals surface area contributed by atoms with E-state index in [1.165, 1.54) is 5.56 Å².